The van der Waals surface area contributed by atoms with Crippen LogP contribution >= 0.6 is 0 Å². The van der Waals surface area contributed by atoms with E-state index in [4.69, 9.17) is 14.2 Å². The van der Waals surface area contributed by atoms with E-state index in [0.29, 0.717) is 41.8 Å². The van der Waals surface area contributed by atoms with Crippen LogP contribution in [0.15, 0.2) is 30.6 Å². The average molecular weight is 519 g/mol. The number of nitrogens with zero attached hydrogens (tertiary/aromatic N) is 6. The molecule has 0 radical (unpaired) electrons. The third kappa shape index (κ3) is 6.00. The Morgan fingerprint density at radius 3 is 2.11 bits per heavy atom. The number of likely N-dealkylation sites (N-methyl/N-ethyl adjacent to an activating group) is 1. The van der Waals surface area contributed by atoms with E-state index in [2.05, 4.69) is 20.2 Å². The molecule has 0 aliphatic heterocycles. The van der Waals surface area contributed by atoms with Crippen molar-refractivity contribution in [2.75, 3.05) is 42.0 Å². The first-order valence-corrected chi connectivity index (χ1v) is 13.2. The van der Waals surface area contributed by atoms with Crippen LogP contribution in [0.3, 0.4) is 0 Å². The zero-order valence-electron chi connectivity index (χ0n) is 21.8. The molecule has 36 heavy (non-hydrogen) atoms. The highest BCUT2D eigenvalue weighted by molar-refractivity contribution is 7.91. The molecule has 0 saturated carbocycles. The molecular formula is C24H34N6O5S. The quantitative estimate of drug-likeness (QED) is 0.353. The van der Waals surface area contributed by atoms with Gasteiger partial charge in [-0.3, -0.25) is 4.57 Å². The van der Waals surface area contributed by atoms with Gasteiger partial charge in [0, 0.05) is 32.5 Å². The average Bonchev–Trinajstić information content (AvgIpc) is 3.24. The molecule has 1 aromatic carbocycles. The second kappa shape index (κ2) is 11.8. The number of ether oxygens (including phenoxy) is 3. The van der Waals surface area contributed by atoms with Gasteiger partial charge in [-0.1, -0.05) is 6.07 Å². The number of methoxy groups -OCH3 is 3. The van der Waals surface area contributed by atoms with Crippen molar-refractivity contribution < 1.29 is 22.6 Å². The highest BCUT2D eigenvalue weighted by Crippen LogP contribution is 2.35. The smallest absolute Gasteiger partial charge is 0.163 e. The number of para-hydroxylation sites is 1. The lowest BCUT2D eigenvalue weighted by Crippen LogP contribution is -2.30. The Balaban J connectivity index is 2.06. The lowest BCUT2D eigenvalue weighted by atomic mass is 10.2. The van der Waals surface area contributed by atoms with Gasteiger partial charge in [-0.05, 0) is 45.6 Å². The van der Waals surface area contributed by atoms with Crippen molar-refractivity contribution in [3.63, 3.8) is 0 Å². The third-order valence-corrected chi connectivity index (χ3v) is 7.88. The van der Waals surface area contributed by atoms with Crippen molar-refractivity contribution in [3.05, 3.63) is 53.6 Å². The Labute approximate surface area is 212 Å². The minimum Gasteiger partial charge on any atom is -0.494 e. The lowest BCUT2D eigenvalue weighted by molar-refractivity contribution is 0.0947. The fourth-order valence-corrected chi connectivity index (χ4v) is 5.22. The van der Waals surface area contributed by atoms with Gasteiger partial charge in [0.05, 0.1) is 19.5 Å². The molecule has 11 nitrogen and oxygen atoms in total. The van der Waals surface area contributed by atoms with Crippen LogP contribution in [0, 0.1) is 6.92 Å². The van der Waals surface area contributed by atoms with E-state index in [-0.39, 0.29) is 11.6 Å². The maximum Gasteiger partial charge on any atom is 0.163 e. The lowest BCUT2D eigenvalue weighted by Gasteiger charge is -2.22. The highest BCUT2D eigenvalue weighted by atomic mass is 32.2. The van der Waals surface area contributed by atoms with E-state index in [9.17, 15) is 8.42 Å². The molecule has 0 saturated heterocycles. The standard InChI is InChI=1S/C24H34N6O5S/c1-16-13-25-24(26-14-16)23(35-7)17(2)36(31,32)15-21-28-27-20(11-12-29(3)4)30(21)22-18(33-5)9-8-10-19(22)34-6/h8-10,13-14,17,23H,11-12,15H2,1-7H3/t17-,23-/m0/s1. The Kier molecular flexibility index (Phi) is 8.98. The van der Waals surface area contributed by atoms with Crippen molar-refractivity contribution in [3.8, 4) is 17.2 Å². The predicted octanol–water partition coefficient (Wildman–Crippen LogP) is 2.18. The number of benzene rings is 1. The molecule has 12 heteroatoms. The molecule has 2 atom stereocenters. The van der Waals surface area contributed by atoms with Crippen molar-refractivity contribution in [1.82, 2.24) is 29.6 Å². The Bertz CT molecular complexity index is 1240. The minimum absolute atomic E-state index is 0.248. The van der Waals surface area contributed by atoms with Crippen LogP contribution in [0.1, 0.15) is 36.1 Å². The van der Waals surface area contributed by atoms with Gasteiger partial charge < -0.3 is 19.1 Å². The maximum atomic E-state index is 13.6. The number of rotatable bonds is 12. The zero-order chi connectivity index (χ0) is 26.5. The van der Waals surface area contributed by atoms with Crippen LogP contribution in [0.5, 0.6) is 11.5 Å². The van der Waals surface area contributed by atoms with E-state index in [1.165, 1.54) is 7.11 Å². The second-order valence-electron chi connectivity index (χ2n) is 8.72. The highest BCUT2D eigenvalue weighted by Gasteiger charge is 2.35. The molecule has 0 unspecified atom stereocenters. The van der Waals surface area contributed by atoms with E-state index in [1.807, 2.05) is 25.9 Å². The summed E-state index contributed by atoms with van der Waals surface area (Å²) in [6.07, 6.45) is 2.96. The van der Waals surface area contributed by atoms with E-state index in [0.717, 1.165) is 5.56 Å². The fraction of sp³-hybridized carbons (Fsp3) is 0.500. The summed E-state index contributed by atoms with van der Waals surface area (Å²) >= 11 is 0. The predicted molar refractivity (Wildman–Crippen MR) is 135 cm³/mol. The fourth-order valence-electron chi connectivity index (χ4n) is 3.80. The van der Waals surface area contributed by atoms with Gasteiger partial charge in [-0.15, -0.1) is 10.2 Å². The number of hydrogen-bond donors (Lipinski definition) is 0. The number of hydrogen-bond acceptors (Lipinski definition) is 10. The molecule has 0 N–H and O–H groups in total. The third-order valence-electron chi connectivity index (χ3n) is 5.84. The second-order valence-corrected chi connectivity index (χ2v) is 11.1. The molecule has 3 aromatic rings. The number of aromatic nitrogens is 5. The maximum absolute atomic E-state index is 13.6. The molecular weight excluding hydrogens is 484 g/mol. The molecule has 196 valence electrons. The molecule has 0 bridgehead atoms. The molecule has 0 aliphatic rings. The molecule has 0 fully saturated rings. The van der Waals surface area contributed by atoms with E-state index >= 15 is 0 Å². The van der Waals surface area contributed by atoms with Gasteiger partial charge in [0.2, 0.25) is 0 Å². The topological polar surface area (TPSA) is 122 Å². The van der Waals surface area contributed by atoms with Crippen LogP contribution in [-0.4, -0.2) is 85.3 Å². The van der Waals surface area contributed by atoms with Crippen molar-refractivity contribution in [1.29, 1.82) is 0 Å². The molecule has 0 aliphatic carbocycles. The van der Waals surface area contributed by atoms with Crippen molar-refractivity contribution in [2.24, 2.45) is 0 Å². The first kappa shape index (κ1) is 27.5. The van der Waals surface area contributed by atoms with Crippen LogP contribution in [0.4, 0.5) is 0 Å². The van der Waals surface area contributed by atoms with Gasteiger partial charge in [-0.25, -0.2) is 18.4 Å². The molecule has 2 aromatic heterocycles. The molecule has 0 amide bonds. The first-order valence-electron chi connectivity index (χ1n) is 11.4. The summed E-state index contributed by atoms with van der Waals surface area (Å²) in [7, 11) is 4.66. The first-order chi connectivity index (χ1) is 17.1. The molecule has 3 rings (SSSR count). The summed E-state index contributed by atoms with van der Waals surface area (Å²) in [4.78, 5) is 10.6. The summed E-state index contributed by atoms with van der Waals surface area (Å²) in [6.45, 7) is 4.14. The Hall–Kier alpha value is -3.09. The van der Waals surface area contributed by atoms with Crippen LogP contribution in [0.2, 0.25) is 0 Å². The summed E-state index contributed by atoms with van der Waals surface area (Å²) in [5.41, 5.74) is 1.41. The van der Waals surface area contributed by atoms with Crippen molar-refractivity contribution in [2.45, 2.75) is 37.4 Å². The summed E-state index contributed by atoms with van der Waals surface area (Å²) in [5, 5.41) is 7.69. The monoisotopic (exact) mass is 518 g/mol. The van der Waals surface area contributed by atoms with Crippen molar-refractivity contribution >= 4 is 9.84 Å². The Morgan fingerprint density at radius 1 is 1.00 bits per heavy atom. The van der Waals surface area contributed by atoms with E-state index < -0.39 is 21.2 Å². The van der Waals surface area contributed by atoms with E-state index in [1.54, 1.807) is 56.3 Å². The van der Waals surface area contributed by atoms with Gasteiger partial charge in [0.15, 0.2) is 21.5 Å². The van der Waals surface area contributed by atoms with Crippen LogP contribution < -0.4 is 9.47 Å². The zero-order valence-corrected chi connectivity index (χ0v) is 22.6. The minimum atomic E-state index is -3.79. The summed E-state index contributed by atoms with van der Waals surface area (Å²) in [5.74, 6) is 1.78. The molecule has 2 heterocycles. The van der Waals surface area contributed by atoms with Gasteiger partial charge >= 0.3 is 0 Å². The SMILES string of the molecule is COc1cccc(OC)c1-n1c(CCN(C)C)nnc1CS(=O)(=O)[C@@H](C)[C@H](OC)c1ncc(C)cn1. The number of sulfone groups is 1. The van der Waals surface area contributed by atoms with Crippen LogP contribution in [-0.2, 0) is 26.7 Å². The van der Waals surface area contributed by atoms with Gasteiger partial charge in [0.1, 0.15) is 34.9 Å². The normalized spacial score (nSPS) is 13.6. The van der Waals surface area contributed by atoms with Crippen LogP contribution in [0.25, 0.3) is 5.69 Å². The van der Waals surface area contributed by atoms with Gasteiger partial charge in [-0.2, -0.15) is 0 Å². The summed E-state index contributed by atoms with van der Waals surface area (Å²) in [6, 6.07) is 5.36. The summed E-state index contributed by atoms with van der Waals surface area (Å²) < 4.78 is 45.7. The number of aryl methyl sites for hydroxylation is 1. The van der Waals surface area contributed by atoms with Gasteiger partial charge in [0.25, 0.3) is 0 Å². The largest absolute Gasteiger partial charge is 0.494 e. The Morgan fingerprint density at radius 2 is 1.58 bits per heavy atom. The molecule has 0 spiro atoms.